The molecule has 0 radical (unpaired) electrons. The Morgan fingerprint density at radius 3 is 2.62 bits per heavy atom. The predicted octanol–water partition coefficient (Wildman–Crippen LogP) is 3.24. The van der Waals surface area contributed by atoms with E-state index in [1.807, 2.05) is 0 Å². The van der Waals surface area contributed by atoms with Crippen LogP contribution in [0.2, 0.25) is 5.02 Å². The fraction of sp³-hybridized carbons (Fsp3) is 0.222. The van der Waals surface area contributed by atoms with Gasteiger partial charge in [0.25, 0.3) is 0 Å². The van der Waals surface area contributed by atoms with Crippen LogP contribution in [-0.4, -0.2) is 17.1 Å². The Morgan fingerprint density at radius 1 is 1.38 bits per heavy atom. The summed E-state index contributed by atoms with van der Waals surface area (Å²) in [5.41, 5.74) is 0.270. The Balaban J connectivity index is 2.67. The van der Waals surface area contributed by atoms with Crippen molar-refractivity contribution in [1.82, 2.24) is 9.97 Å². The highest BCUT2D eigenvalue weighted by Gasteiger charge is 2.35. The topological polar surface area (TPSA) is 37.9 Å². The lowest BCUT2D eigenvalue weighted by Gasteiger charge is -2.01. The van der Waals surface area contributed by atoms with E-state index >= 15 is 0 Å². The summed E-state index contributed by atoms with van der Waals surface area (Å²) in [7, 11) is 1.38. The van der Waals surface area contributed by atoms with Gasteiger partial charge in [-0.3, -0.25) is 0 Å². The maximum Gasteiger partial charge on any atom is 0.449 e. The summed E-state index contributed by atoms with van der Waals surface area (Å²) in [5.74, 6) is -0.785. The molecule has 0 fully saturated rings. The van der Waals surface area contributed by atoms with Crippen molar-refractivity contribution >= 4 is 22.6 Å². The number of imidazole rings is 1. The van der Waals surface area contributed by atoms with E-state index in [1.165, 1.54) is 19.2 Å². The summed E-state index contributed by atoms with van der Waals surface area (Å²) in [6.07, 6.45) is -4.52. The van der Waals surface area contributed by atoms with Crippen molar-refractivity contribution in [3.8, 4) is 5.75 Å². The van der Waals surface area contributed by atoms with Crippen LogP contribution in [0.1, 0.15) is 5.82 Å². The van der Waals surface area contributed by atoms with Crippen molar-refractivity contribution in [2.75, 3.05) is 7.11 Å². The molecular weight excluding hydrogens is 245 g/mol. The second-order valence-corrected chi connectivity index (χ2v) is 3.44. The van der Waals surface area contributed by atoms with Gasteiger partial charge in [0.2, 0.25) is 5.82 Å². The van der Waals surface area contributed by atoms with Gasteiger partial charge in [0.1, 0.15) is 16.3 Å². The Hall–Kier alpha value is -1.43. The number of ether oxygens (including phenoxy) is 1. The second kappa shape index (κ2) is 3.55. The number of benzene rings is 1. The molecule has 1 heterocycles. The quantitative estimate of drug-likeness (QED) is 0.844. The van der Waals surface area contributed by atoms with E-state index < -0.39 is 12.0 Å². The first-order valence-corrected chi connectivity index (χ1v) is 4.60. The number of fused-ring (bicyclic) bond motifs is 1. The van der Waals surface area contributed by atoms with Crippen molar-refractivity contribution in [2.45, 2.75) is 6.18 Å². The molecule has 3 nitrogen and oxygen atoms in total. The monoisotopic (exact) mass is 250 g/mol. The molecule has 86 valence electrons. The Morgan fingerprint density at radius 2 is 2.06 bits per heavy atom. The van der Waals surface area contributed by atoms with Crippen LogP contribution in [0.15, 0.2) is 12.1 Å². The number of halogens is 4. The van der Waals surface area contributed by atoms with E-state index in [2.05, 4.69) is 9.97 Å². The zero-order chi connectivity index (χ0) is 11.9. The van der Waals surface area contributed by atoms with Gasteiger partial charge in [-0.15, -0.1) is 0 Å². The van der Waals surface area contributed by atoms with Crippen LogP contribution in [0.4, 0.5) is 13.2 Å². The molecule has 0 aliphatic rings. The number of hydrogen-bond donors (Lipinski definition) is 1. The third-order valence-electron chi connectivity index (χ3n) is 2.05. The number of nitrogens with one attached hydrogen (secondary N) is 1. The standard InChI is InChI=1S/C9H6ClF3N2O/c1-16-5-3-2-4-7(6(5)10)15-8(14-4)9(11,12)13/h2-3H,1H3,(H,14,15). The van der Waals surface area contributed by atoms with Gasteiger partial charge in [-0.05, 0) is 12.1 Å². The average molecular weight is 251 g/mol. The molecule has 0 amide bonds. The maximum atomic E-state index is 12.4. The van der Waals surface area contributed by atoms with Crippen molar-refractivity contribution < 1.29 is 17.9 Å². The molecule has 0 atom stereocenters. The summed E-state index contributed by atoms with van der Waals surface area (Å²) in [6, 6.07) is 2.91. The molecule has 2 rings (SSSR count). The van der Waals surface area contributed by atoms with Gasteiger partial charge < -0.3 is 9.72 Å². The van der Waals surface area contributed by atoms with E-state index in [4.69, 9.17) is 16.3 Å². The molecular formula is C9H6ClF3N2O. The van der Waals surface area contributed by atoms with Crippen LogP contribution < -0.4 is 4.74 Å². The summed E-state index contributed by atoms with van der Waals surface area (Å²) in [5, 5.41) is 0.0618. The zero-order valence-electron chi connectivity index (χ0n) is 8.02. The fourth-order valence-electron chi connectivity index (χ4n) is 1.32. The van der Waals surface area contributed by atoms with Gasteiger partial charge in [-0.1, -0.05) is 11.6 Å². The number of alkyl halides is 3. The first-order valence-electron chi connectivity index (χ1n) is 4.23. The SMILES string of the molecule is COc1ccc2[nH]c(C(F)(F)F)nc2c1Cl. The van der Waals surface area contributed by atoms with E-state index in [0.29, 0.717) is 0 Å². The molecule has 0 aliphatic heterocycles. The van der Waals surface area contributed by atoms with Crippen LogP contribution in [0, 0.1) is 0 Å². The van der Waals surface area contributed by atoms with Crippen LogP contribution in [0.25, 0.3) is 11.0 Å². The van der Waals surface area contributed by atoms with Gasteiger partial charge in [-0.2, -0.15) is 13.2 Å². The highest BCUT2D eigenvalue weighted by molar-refractivity contribution is 6.36. The number of rotatable bonds is 1. The molecule has 1 aromatic heterocycles. The number of aromatic nitrogens is 2. The minimum absolute atomic E-state index is 0.0494. The third kappa shape index (κ3) is 1.69. The van der Waals surface area contributed by atoms with Crippen LogP contribution in [0.3, 0.4) is 0 Å². The van der Waals surface area contributed by atoms with E-state index in [9.17, 15) is 13.2 Å². The number of nitrogens with zero attached hydrogens (tertiary/aromatic N) is 1. The lowest BCUT2D eigenvalue weighted by molar-refractivity contribution is -0.144. The molecule has 7 heteroatoms. The predicted molar refractivity (Wildman–Crippen MR) is 52.7 cm³/mol. The number of hydrogen-bond acceptors (Lipinski definition) is 2. The maximum absolute atomic E-state index is 12.4. The van der Waals surface area contributed by atoms with E-state index in [0.717, 1.165) is 0 Å². The van der Waals surface area contributed by atoms with Crippen LogP contribution >= 0.6 is 11.6 Å². The fourth-order valence-corrected chi connectivity index (χ4v) is 1.60. The van der Waals surface area contributed by atoms with Crippen LogP contribution in [0.5, 0.6) is 5.75 Å². The molecule has 16 heavy (non-hydrogen) atoms. The summed E-state index contributed by atoms with van der Waals surface area (Å²) >= 11 is 5.83. The largest absolute Gasteiger partial charge is 0.495 e. The van der Waals surface area contributed by atoms with Gasteiger partial charge in [0, 0.05) is 0 Å². The smallest absolute Gasteiger partial charge is 0.449 e. The molecule has 1 aromatic carbocycles. The van der Waals surface area contributed by atoms with Gasteiger partial charge in [0.05, 0.1) is 12.6 Å². The minimum Gasteiger partial charge on any atom is -0.495 e. The van der Waals surface area contributed by atoms with Gasteiger partial charge in [-0.25, -0.2) is 4.98 Å². The average Bonchev–Trinajstić information content (AvgIpc) is 2.62. The highest BCUT2D eigenvalue weighted by atomic mass is 35.5. The van der Waals surface area contributed by atoms with E-state index in [1.54, 1.807) is 0 Å². The summed E-state index contributed by atoms with van der Waals surface area (Å²) < 4.78 is 42.0. The molecule has 1 N–H and O–H groups in total. The van der Waals surface area contributed by atoms with Crippen molar-refractivity contribution in [2.24, 2.45) is 0 Å². The van der Waals surface area contributed by atoms with Crippen molar-refractivity contribution in [3.63, 3.8) is 0 Å². The molecule has 0 bridgehead atoms. The van der Waals surface area contributed by atoms with E-state index in [-0.39, 0.29) is 21.8 Å². The van der Waals surface area contributed by atoms with Gasteiger partial charge >= 0.3 is 6.18 Å². The molecule has 0 saturated heterocycles. The first kappa shape index (κ1) is 11.1. The van der Waals surface area contributed by atoms with Crippen molar-refractivity contribution in [3.05, 3.63) is 23.0 Å². The molecule has 0 aliphatic carbocycles. The lowest BCUT2D eigenvalue weighted by Crippen LogP contribution is -2.06. The summed E-state index contributed by atoms with van der Waals surface area (Å²) in [6.45, 7) is 0. The number of aromatic amines is 1. The minimum atomic E-state index is -4.52. The molecule has 0 saturated carbocycles. The summed E-state index contributed by atoms with van der Waals surface area (Å²) in [4.78, 5) is 5.55. The Kier molecular flexibility index (Phi) is 2.46. The lowest BCUT2D eigenvalue weighted by atomic mass is 10.3. The Bertz CT molecular complexity index is 535. The Labute approximate surface area is 93.2 Å². The highest BCUT2D eigenvalue weighted by Crippen LogP contribution is 2.34. The molecule has 0 unspecified atom stereocenters. The van der Waals surface area contributed by atoms with Gasteiger partial charge in [0.15, 0.2) is 0 Å². The first-order chi connectivity index (χ1) is 7.43. The number of H-pyrrole nitrogens is 1. The van der Waals surface area contributed by atoms with Crippen LogP contribution in [-0.2, 0) is 6.18 Å². The number of methoxy groups -OCH3 is 1. The normalized spacial score (nSPS) is 12.1. The third-order valence-corrected chi connectivity index (χ3v) is 2.41. The molecule has 2 aromatic rings. The van der Waals surface area contributed by atoms with Crippen molar-refractivity contribution in [1.29, 1.82) is 0 Å². The zero-order valence-corrected chi connectivity index (χ0v) is 8.78. The second-order valence-electron chi connectivity index (χ2n) is 3.06. The molecule has 0 spiro atoms.